The van der Waals surface area contributed by atoms with Crippen LogP contribution in [-0.4, -0.2) is 4.98 Å². The zero-order chi connectivity index (χ0) is 14.0. The van der Waals surface area contributed by atoms with Gasteiger partial charge in [0, 0.05) is 5.56 Å². The molecule has 19 heavy (non-hydrogen) atoms. The highest BCUT2D eigenvalue weighted by molar-refractivity contribution is 6.32. The van der Waals surface area contributed by atoms with Gasteiger partial charge in [0.1, 0.15) is 22.7 Å². The van der Waals surface area contributed by atoms with Gasteiger partial charge in [-0.3, -0.25) is 0 Å². The number of hydrogen-bond donors (Lipinski definition) is 0. The number of rotatable bonds is 3. The number of halogens is 2. The Balaban J connectivity index is 2.19. The zero-order valence-electron chi connectivity index (χ0n) is 11.1. The molecule has 0 aliphatic heterocycles. The van der Waals surface area contributed by atoms with Crippen LogP contribution in [0.3, 0.4) is 0 Å². The van der Waals surface area contributed by atoms with Crippen LogP contribution in [0.4, 0.5) is 0 Å². The van der Waals surface area contributed by atoms with Crippen LogP contribution in [-0.2, 0) is 6.61 Å². The van der Waals surface area contributed by atoms with Crippen LogP contribution >= 0.6 is 23.2 Å². The van der Waals surface area contributed by atoms with E-state index in [0.29, 0.717) is 16.9 Å². The molecule has 0 saturated heterocycles. The first-order chi connectivity index (χ1) is 8.97. The Bertz CT molecular complexity index is 611. The van der Waals surface area contributed by atoms with Crippen molar-refractivity contribution in [2.24, 2.45) is 0 Å². The Labute approximate surface area is 123 Å². The number of nitrogens with zero attached hydrogens (tertiary/aromatic N) is 1. The first kappa shape index (κ1) is 14.2. The third-order valence-electron chi connectivity index (χ3n) is 3.04. The number of aryl methyl sites for hydroxylation is 2. The molecule has 0 fully saturated rings. The standard InChI is InChI=1S/C15H15Cl2NO/c1-9-6-10(2)11(3)13(7-9)19-8-12-4-5-14(16)18-15(12)17/h4-7H,8H2,1-3H3. The lowest BCUT2D eigenvalue weighted by atomic mass is 10.1. The molecule has 100 valence electrons. The summed E-state index contributed by atoms with van der Waals surface area (Å²) in [6.45, 7) is 6.56. The summed E-state index contributed by atoms with van der Waals surface area (Å²) >= 11 is 11.8. The van der Waals surface area contributed by atoms with Crippen molar-refractivity contribution in [2.75, 3.05) is 0 Å². The molecule has 0 N–H and O–H groups in total. The van der Waals surface area contributed by atoms with E-state index < -0.39 is 0 Å². The van der Waals surface area contributed by atoms with Gasteiger partial charge in [-0.2, -0.15) is 0 Å². The van der Waals surface area contributed by atoms with Crippen LogP contribution in [0, 0.1) is 20.8 Å². The Morgan fingerprint density at radius 3 is 2.53 bits per heavy atom. The van der Waals surface area contributed by atoms with Crippen molar-refractivity contribution in [3.63, 3.8) is 0 Å². The van der Waals surface area contributed by atoms with E-state index in [0.717, 1.165) is 16.9 Å². The lowest BCUT2D eigenvalue weighted by Crippen LogP contribution is -2.00. The summed E-state index contributed by atoms with van der Waals surface area (Å²) in [4.78, 5) is 3.99. The van der Waals surface area contributed by atoms with E-state index in [2.05, 4.69) is 24.9 Å². The quantitative estimate of drug-likeness (QED) is 0.752. The molecule has 1 aromatic carbocycles. The monoisotopic (exact) mass is 295 g/mol. The average Bonchev–Trinajstić information content (AvgIpc) is 2.33. The predicted octanol–water partition coefficient (Wildman–Crippen LogP) is 4.89. The van der Waals surface area contributed by atoms with Gasteiger partial charge in [0.2, 0.25) is 0 Å². The van der Waals surface area contributed by atoms with Crippen molar-refractivity contribution in [1.29, 1.82) is 0 Å². The maximum absolute atomic E-state index is 6.02. The second kappa shape index (κ2) is 5.81. The fraction of sp³-hybridized carbons (Fsp3) is 0.267. The van der Waals surface area contributed by atoms with E-state index in [9.17, 15) is 0 Å². The molecule has 0 unspecified atom stereocenters. The molecule has 2 rings (SSSR count). The maximum atomic E-state index is 6.02. The van der Waals surface area contributed by atoms with Crippen LogP contribution < -0.4 is 4.74 Å². The minimum absolute atomic E-state index is 0.382. The molecule has 0 aliphatic rings. The Morgan fingerprint density at radius 1 is 1.11 bits per heavy atom. The molecule has 2 nitrogen and oxygen atoms in total. The van der Waals surface area contributed by atoms with Gasteiger partial charge in [-0.05, 0) is 55.7 Å². The van der Waals surface area contributed by atoms with Crippen molar-refractivity contribution in [3.8, 4) is 5.75 Å². The lowest BCUT2D eigenvalue weighted by molar-refractivity contribution is 0.303. The Kier molecular flexibility index (Phi) is 4.33. The van der Waals surface area contributed by atoms with Gasteiger partial charge in [-0.15, -0.1) is 0 Å². The van der Waals surface area contributed by atoms with Gasteiger partial charge >= 0.3 is 0 Å². The highest BCUT2D eigenvalue weighted by Crippen LogP contribution is 2.25. The van der Waals surface area contributed by atoms with Crippen LogP contribution in [0.1, 0.15) is 22.3 Å². The van der Waals surface area contributed by atoms with Crippen molar-refractivity contribution in [3.05, 3.63) is 56.8 Å². The number of hydrogen-bond acceptors (Lipinski definition) is 2. The summed E-state index contributed by atoms with van der Waals surface area (Å²) in [5.41, 5.74) is 4.36. The first-order valence-corrected chi connectivity index (χ1v) is 6.74. The smallest absolute Gasteiger partial charge is 0.137 e. The number of ether oxygens (including phenoxy) is 1. The van der Waals surface area contributed by atoms with Crippen molar-refractivity contribution >= 4 is 23.2 Å². The van der Waals surface area contributed by atoms with Crippen molar-refractivity contribution in [2.45, 2.75) is 27.4 Å². The zero-order valence-corrected chi connectivity index (χ0v) is 12.6. The molecule has 0 saturated carbocycles. The van der Waals surface area contributed by atoms with Gasteiger partial charge in [-0.1, -0.05) is 29.3 Å². The highest BCUT2D eigenvalue weighted by atomic mass is 35.5. The van der Waals surface area contributed by atoms with Crippen molar-refractivity contribution in [1.82, 2.24) is 4.98 Å². The molecule has 2 aromatic rings. The Hall–Kier alpha value is -1.25. The normalized spacial score (nSPS) is 10.6. The average molecular weight is 296 g/mol. The van der Waals surface area contributed by atoms with E-state index in [4.69, 9.17) is 27.9 Å². The van der Waals surface area contributed by atoms with E-state index >= 15 is 0 Å². The summed E-state index contributed by atoms with van der Waals surface area (Å²) in [5.74, 6) is 0.878. The van der Waals surface area contributed by atoms with Gasteiger partial charge in [0.05, 0.1) is 0 Å². The SMILES string of the molecule is Cc1cc(C)c(C)c(OCc2ccc(Cl)nc2Cl)c1. The minimum atomic E-state index is 0.382. The molecule has 1 heterocycles. The summed E-state index contributed by atoms with van der Waals surface area (Å²) in [6, 6.07) is 7.70. The number of aromatic nitrogens is 1. The maximum Gasteiger partial charge on any atom is 0.137 e. The molecule has 0 amide bonds. The lowest BCUT2D eigenvalue weighted by Gasteiger charge is -2.13. The molecule has 0 spiro atoms. The van der Waals surface area contributed by atoms with Crippen LogP contribution in [0.5, 0.6) is 5.75 Å². The second-order valence-electron chi connectivity index (χ2n) is 4.58. The molecule has 0 aliphatic carbocycles. The van der Waals surface area contributed by atoms with Gasteiger partial charge < -0.3 is 4.74 Å². The summed E-state index contributed by atoms with van der Waals surface area (Å²) < 4.78 is 5.84. The summed E-state index contributed by atoms with van der Waals surface area (Å²) in [5, 5.41) is 0.769. The van der Waals surface area contributed by atoms with Gasteiger partial charge in [0.25, 0.3) is 0 Å². The van der Waals surface area contributed by atoms with Gasteiger partial charge in [-0.25, -0.2) is 4.98 Å². The molecular weight excluding hydrogens is 281 g/mol. The molecule has 1 aromatic heterocycles. The topological polar surface area (TPSA) is 22.1 Å². The second-order valence-corrected chi connectivity index (χ2v) is 5.32. The van der Waals surface area contributed by atoms with E-state index in [1.165, 1.54) is 11.1 Å². The molecular formula is C15H15Cl2NO. The summed E-state index contributed by atoms with van der Waals surface area (Å²) in [7, 11) is 0. The van der Waals surface area contributed by atoms with Crippen LogP contribution in [0.15, 0.2) is 24.3 Å². The molecule has 0 bridgehead atoms. The third kappa shape index (κ3) is 3.40. The first-order valence-electron chi connectivity index (χ1n) is 5.99. The predicted molar refractivity (Wildman–Crippen MR) is 79.2 cm³/mol. The molecule has 0 radical (unpaired) electrons. The van der Waals surface area contributed by atoms with Crippen LogP contribution in [0.25, 0.3) is 0 Å². The molecule has 0 atom stereocenters. The molecule has 4 heteroatoms. The fourth-order valence-electron chi connectivity index (χ4n) is 1.85. The fourth-order valence-corrected chi connectivity index (χ4v) is 2.25. The third-order valence-corrected chi connectivity index (χ3v) is 3.58. The number of benzene rings is 1. The van der Waals surface area contributed by atoms with Crippen LogP contribution in [0.2, 0.25) is 10.3 Å². The Morgan fingerprint density at radius 2 is 1.84 bits per heavy atom. The summed E-state index contributed by atoms with van der Waals surface area (Å²) in [6.07, 6.45) is 0. The van der Waals surface area contributed by atoms with E-state index in [-0.39, 0.29) is 0 Å². The van der Waals surface area contributed by atoms with E-state index in [1.807, 2.05) is 19.1 Å². The number of pyridine rings is 1. The van der Waals surface area contributed by atoms with Crippen molar-refractivity contribution < 1.29 is 4.74 Å². The van der Waals surface area contributed by atoms with E-state index in [1.54, 1.807) is 6.07 Å². The largest absolute Gasteiger partial charge is 0.488 e. The highest BCUT2D eigenvalue weighted by Gasteiger charge is 2.07. The minimum Gasteiger partial charge on any atom is -0.488 e. The van der Waals surface area contributed by atoms with Gasteiger partial charge in [0.15, 0.2) is 0 Å².